The summed E-state index contributed by atoms with van der Waals surface area (Å²) < 4.78 is 1.90. The highest BCUT2D eigenvalue weighted by Crippen LogP contribution is 2.38. The SMILES string of the molecule is CC(C(=O)NC1CCC(n2cncn2)CC1)N1C(=O)c2cccc3cccc1c23. The van der Waals surface area contributed by atoms with Crippen LogP contribution >= 0.6 is 0 Å². The Bertz CT molecular complexity index is 1060. The second kappa shape index (κ2) is 6.99. The van der Waals surface area contributed by atoms with Gasteiger partial charge in [-0.2, -0.15) is 5.10 Å². The standard InChI is InChI=1S/C22H23N5O2/c1-14(21(28)25-16-8-10-17(11-9-16)26-13-23-12-24-26)27-19-7-3-5-15-4-2-6-18(20(15)19)22(27)29/h2-7,12-14,16-17H,8-11H2,1H3,(H,25,28). The molecule has 0 saturated heterocycles. The molecule has 2 heterocycles. The number of benzene rings is 2. The van der Waals surface area contributed by atoms with Gasteiger partial charge in [0.25, 0.3) is 5.91 Å². The van der Waals surface area contributed by atoms with Gasteiger partial charge in [0.05, 0.1) is 11.7 Å². The Morgan fingerprint density at radius 3 is 2.62 bits per heavy atom. The van der Waals surface area contributed by atoms with Crippen molar-refractivity contribution in [3.63, 3.8) is 0 Å². The first-order valence-electron chi connectivity index (χ1n) is 10.1. The van der Waals surface area contributed by atoms with Crippen LogP contribution in [0.5, 0.6) is 0 Å². The molecule has 7 nitrogen and oxygen atoms in total. The first kappa shape index (κ1) is 17.8. The number of anilines is 1. The van der Waals surface area contributed by atoms with E-state index in [9.17, 15) is 9.59 Å². The van der Waals surface area contributed by atoms with Crippen LogP contribution in [0.2, 0.25) is 0 Å². The zero-order valence-electron chi connectivity index (χ0n) is 16.3. The zero-order chi connectivity index (χ0) is 20.0. The fourth-order valence-corrected chi connectivity index (χ4v) is 4.65. The highest BCUT2D eigenvalue weighted by Gasteiger charge is 2.36. The Hall–Kier alpha value is -3.22. The monoisotopic (exact) mass is 389 g/mol. The summed E-state index contributed by atoms with van der Waals surface area (Å²) in [5, 5.41) is 9.35. The molecule has 1 atom stereocenters. The van der Waals surface area contributed by atoms with Gasteiger partial charge in [0.15, 0.2) is 0 Å². The van der Waals surface area contributed by atoms with Crippen molar-refractivity contribution in [1.82, 2.24) is 20.1 Å². The van der Waals surface area contributed by atoms with E-state index in [4.69, 9.17) is 0 Å². The highest BCUT2D eigenvalue weighted by atomic mass is 16.2. The van der Waals surface area contributed by atoms with Gasteiger partial charge in [-0.1, -0.05) is 24.3 Å². The van der Waals surface area contributed by atoms with Crippen molar-refractivity contribution in [3.05, 3.63) is 54.6 Å². The second-order valence-corrected chi connectivity index (χ2v) is 7.92. The lowest BCUT2D eigenvalue weighted by molar-refractivity contribution is -0.122. The number of hydrogen-bond donors (Lipinski definition) is 1. The lowest BCUT2D eigenvalue weighted by atomic mass is 9.91. The molecular weight excluding hydrogens is 366 g/mol. The number of amides is 2. The maximum Gasteiger partial charge on any atom is 0.259 e. The molecule has 1 aliphatic heterocycles. The van der Waals surface area contributed by atoms with Gasteiger partial charge in [-0.25, -0.2) is 9.67 Å². The topological polar surface area (TPSA) is 80.1 Å². The van der Waals surface area contributed by atoms with Crippen molar-refractivity contribution in [1.29, 1.82) is 0 Å². The van der Waals surface area contributed by atoms with Crippen LogP contribution in [0.3, 0.4) is 0 Å². The smallest absolute Gasteiger partial charge is 0.259 e. The minimum atomic E-state index is -0.562. The Balaban J connectivity index is 1.28. The van der Waals surface area contributed by atoms with Crippen LogP contribution in [0.1, 0.15) is 49.0 Å². The molecule has 2 aliphatic rings. The number of rotatable bonds is 4. The fourth-order valence-electron chi connectivity index (χ4n) is 4.65. The average molecular weight is 389 g/mol. The molecule has 7 heteroatoms. The third kappa shape index (κ3) is 2.97. The first-order chi connectivity index (χ1) is 14.1. The number of carbonyl (C=O) groups excluding carboxylic acids is 2. The molecular formula is C22H23N5O2. The summed E-state index contributed by atoms with van der Waals surface area (Å²) in [4.78, 5) is 31.7. The molecule has 1 aromatic heterocycles. The minimum Gasteiger partial charge on any atom is -0.352 e. The molecule has 148 valence electrons. The van der Waals surface area contributed by atoms with E-state index in [1.54, 1.807) is 24.5 Å². The van der Waals surface area contributed by atoms with Gasteiger partial charge in [-0.3, -0.25) is 14.5 Å². The zero-order valence-corrected chi connectivity index (χ0v) is 16.3. The number of hydrogen-bond acceptors (Lipinski definition) is 4. The van der Waals surface area contributed by atoms with E-state index in [1.165, 1.54) is 0 Å². The van der Waals surface area contributed by atoms with Gasteiger partial charge in [0.1, 0.15) is 18.7 Å². The van der Waals surface area contributed by atoms with Gasteiger partial charge in [0.2, 0.25) is 5.91 Å². The van der Waals surface area contributed by atoms with Crippen molar-refractivity contribution in [3.8, 4) is 0 Å². The number of carbonyl (C=O) groups is 2. The highest BCUT2D eigenvalue weighted by molar-refractivity contribution is 6.26. The fraction of sp³-hybridized carbons (Fsp3) is 0.364. The van der Waals surface area contributed by atoms with Crippen LogP contribution < -0.4 is 10.2 Å². The van der Waals surface area contributed by atoms with E-state index in [0.29, 0.717) is 11.6 Å². The number of nitrogens with one attached hydrogen (secondary N) is 1. The molecule has 29 heavy (non-hydrogen) atoms. The van der Waals surface area contributed by atoms with Crippen LogP contribution in [0.4, 0.5) is 5.69 Å². The van der Waals surface area contributed by atoms with Gasteiger partial charge >= 0.3 is 0 Å². The molecule has 2 aromatic carbocycles. The van der Waals surface area contributed by atoms with Crippen LogP contribution in [-0.2, 0) is 4.79 Å². The van der Waals surface area contributed by atoms with Crippen molar-refractivity contribution in [2.75, 3.05) is 4.90 Å². The van der Waals surface area contributed by atoms with E-state index in [1.807, 2.05) is 41.1 Å². The van der Waals surface area contributed by atoms with Gasteiger partial charge < -0.3 is 5.32 Å². The predicted octanol–water partition coefficient (Wildman–Crippen LogP) is 3.08. The molecule has 3 aromatic rings. The second-order valence-electron chi connectivity index (χ2n) is 7.92. The van der Waals surface area contributed by atoms with Gasteiger partial charge in [0, 0.05) is 17.0 Å². The maximum absolute atomic E-state index is 13.0. The summed E-state index contributed by atoms with van der Waals surface area (Å²) in [5.41, 5.74) is 1.49. The lowest BCUT2D eigenvalue weighted by Crippen LogP contribution is -2.50. The Labute approximate surface area is 168 Å². The quantitative estimate of drug-likeness (QED) is 0.744. The molecule has 0 bridgehead atoms. The molecule has 1 saturated carbocycles. The molecule has 2 amide bonds. The summed E-state index contributed by atoms with van der Waals surface area (Å²) in [6, 6.07) is 11.5. The molecule has 1 N–H and O–H groups in total. The Morgan fingerprint density at radius 2 is 1.90 bits per heavy atom. The van der Waals surface area contributed by atoms with Crippen LogP contribution in [0, 0.1) is 0 Å². The van der Waals surface area contributed by atoms with E-state index in [0.717, 1.165) is 42.1 Å². The Kier molecular flexibility index (Phi) is 4.30. The van der Waals surface area contributed by atoms with Crippen molar-refractivity contribution >= 4 is 28.3 Å². The van der Waals surface area contributed by atoms with Crippen molar-refractivity contribution in [2.45, 2.75) is 50.7 Å². The van der Waals surface area contributed by atoms with Gasteiger partial charge in [-0.15, -0.1) is 0 Å². The number of aromatic nitrogens is 3. The predicted molar refractivity (Wildman–Crippen MR) is 110 cm³/mol. The van der Waals surface area contributed by atoms with Crippen LogP contribution in [0.15, 0.2) is 49.1 Å². The maximum atomic E-state index is 13.0. The third-order valence-electron chi connectivity index (χ3n) is 6.21. The molecule has 1 unspecified atom stereocenters. The summed E-state index contributed by atoms with van der Waals surface area (Å²) in [5.74, 6) is -0.207. The molecule has 0 radical (unpaired) electrons. The van der Waals surface area contributed by atoms with Crippen LogP contribution in [0.25, 0.3) is 10.8 Å². The van der Waals surface area contributed by atoms with Crippen molar-refractivity contribution < 1.29 is 9.59 Å². The molecule has 1 fully saturated rings. The summed E-state index contributed by atoms with van der Waals surface area (Å²) in [6.45, 7) is 1.80. The van der Waals surface area contributed by atoms with Crippen molar-refractivity contribution in [2.24, 2.45) is 0 Å². The summed E-state index contributed by atoms with van der Waals surface area (Å²) in [6.07, 6.45) is 7.01. The normalized spacial score (nSPS) is 22.1. The van der Waals surface area contributed by atoms with E-state index >= 15 is 0 Å². The lowest BCUT2D eigenvalue weighted by Gasteiger charge is -2.31. The molecule has 1 aliphatic carbocycles. The Morgan fingerprint density at radius 1 is 1.14 bits per heavy atom. The van der Waals surface area contributed by atoms with Gasteiger partial charge in [-0.05, 0) is 50.1 Å². The third-order valence-corrected chi connectivity index (χ3v) is 6.21. The molecule has 5 rings (SSSR count). The average Bonchev–Trinajstić information content (AvgIpc) is 3.37. The largest absolute Gasteiger partial charge is 0.352 e. The summed E-state index contributed by atoms with van der Waals surface area (Å²) >= 11 is 0. The minimum absolute atomic E-state index is 0.102. The number of nitrogens with zero attached hydrogens (tertiary/aromatic N) is 4. The first-order valence-corrected chi connectivity index (χ1v) is 10.1. The molecule has 0 spiro atoms. The van der Waals surface area contributed by atoms with E-state index < -0.39 is 6.04 Å². The van der Waals surface area contributed by atoms with E-state index in [2.05, 4.69) is 15.4 Å². The summed E-state index contributed by atoms with van der Waals surface area (Å²) in [7, 11) is 0. The van der Waals surface area contributed by atoms with Crippen LogP contribution in [-0.4, -0.2) is 38.7 Å². The van der Waals surface area contributed by atoms with E-state index in [-0.39, 0.29) is 17.9 Å².